The first-order valence-electron chi connectivity index (χ1n) is 8.20. The summed E-state index contributed by atoms with van der Waals surface area (Å²) in [6, 6.07) is 13.8. The van der Waals surface area contributed by atoms with E-state index in [1.165, 1.54) is 12.1 Å². The average Bonchev–Trinajstić information content (AvgIpc) is 3.03. The Bertz CT molecular complexity index is 846. The quantitative estimate of drug-likeness (QED) is 0.771. The maximum absolute atomic E-state index is 12.4. The van der Waals surface area contributed by atoms with Gasteiger partial charge in [-0.15, -0.1) is 0 Å². The maximum atomic E-state index is 12.4. The number of benzene rings is 2. The first-order valence-corrected chi connectivity index (χ1v) is 9.68. The monoisotopic (exact) mass is 359 g/mol. The Balaban J connectivity index is 1.61. The second-order valence-corrected chi connectivity index (χ2v) is 7.80. The molecule has 1 fully saturated rings. The lowest BCUT2D eigenvalue weighted by Gasteiger charge is -2.16. The van der Waals surface area contributed by atoms with Crippen LogP contribution in [0.15, 0.2) is 53.4 Å². The van der Waals surface area contributed by atoms with E-state index in [0.717, 1.165) is 17.7 Å². The van der Waals surface area contributed by atoms with Gasteiger partial charge in [-0.2, -0.15) is 0 Å². The molecule has 2 aromatic rings. The molecule has 3 N–H and O–H groups in total. The van der Waals surface area contributed by atoms with Crippen molar-refractivity contribution < 1.29 is 13.2 Å². The third-order valence-corrected chi connectivity index (χ3v) is 5.69. The summed E-state index contributed by atoms with van der Waals surface area (Å²) in [5, 5.41) is 0. The van der Waals surface area contributed by atoms with Gasteiger partial charge in [0.2, 0.25) is 15.9 Å². The van der Waals surface area contributed by atoms with E-state index < -0.39 is 10.0 Å². The number of hydrogen-bond donors (Lipinski definition) is 2. The number of nitrogens with two attached hydrogens (primary N) is 1. The molecule has 132 valence electrons. The van der Waals surface area contributed by atoms with E-state index in [4.69, 9.17) is 5.73 Å². The molecule has 0 atom stereocenters. The number of amides is 1. The zero-order chi connectivity index (χ0) is 17.9. The van der Waals surface area contributed by atoms with Crippen molar-refractivity contribution in [1.29, 1.82) is 0 Å². The number of carbonyl (C=O) groups excluding carboxylic acids is 1. The highest BCUT2D eigenvalue weighted by Crippen LogP contribution is 2.22. The van der Waals surface area contributed by atoms with Gasteiger partial charge in [0.25, 0.3) is 0 Å². The van der Waals surface area contributed by atoms with Gasteiger partial charge in [-0.25, -0.2) is 13.1 Å². The number of nitrogen functional groups attached to an aromatic ring is 1. The Morgan fingerprint density at radius 2 is 1.72 bits per heavy atom. The Kier molecular flexibility index (Phi) is 5.06. The fourth-order valence-electron chi connectivity index (χ4n) is 2.82. The molecule has 1 heterocycles. The minimum Gasteiger partial charge on any atom is -0.399 e. The maximum Gasteiger partial charge on any atom is 0.240 e. The molecule has 25 heavy (non-hydrogen) atoms. The second-order valence-electron chi connectivity index (χ2n) is 6.03. The van der Waals surface area contributed by atoms with Crippen molar-refractivity contribution in [2.24, 2.45) is 0 Å². The molecule has 1 amide bonds. The molecule has 2 aromatic carbocycles. The Labute approximate surface area is 147 Å². The Morgan fingerprint density at radius 3 is 2.32 bits per heavy atom. The van der Waals surface area contributed by atoms with E-state index >= 15 is 0 Å². The van der Waals surface area contributed by atoms with Gasteiger partial charge in [-0.3, -0.25) is 4.79 Å². The molecule has 0 unspecified atom stereocenters. The summed E-state index contributed by atoms with van der Waals surface area (Å²) in [5.41, 5.74) is 8.06. The molecule has 1 saturated heterocycles. The second kappa shape index (κ2) is 7.25. The molecular formula is C18H21N3O3S. The number of carbonyl (C=O) groups is 1. The van der Waals surface area contributed by atoms with Crippen molar-refractivity contribution in [3.8, 4) is 0 Å². The smallest absolute Gasteiger partial charge is 0.240 e. The molecule has 0 radical (unpaired) electrons. The summed E-state index contributed by atoms with van der Waals surface area (Å²) >= 11 is 0. The van der Waals surface area contributed by atoms with Crippen molar-refractivity contribution in [3.63, 3.8) is 0 Å². The van der Waals surface area contributed by atoms with Crippen LogP contribution in [0.2, 0.25) is 0 Å². The summed E-state index contributed by atoms with van der Waals surface area (Å²) < 4.78 is 27.3. The standard InChI is InChI=1S/C18H21N3O3S/c19-15-5-3-14(4-6-15)11-12-20-25(23,24)17-9-7-16(8-10-17)21-13-1-2-18(21)22/h3-10,20H,1-2,11-13,19H2. The first kappa shape index (κ1) is 17.4. The van der Waals surface area contributed by atoms with Crippen LogP contribution in [-0.4, -0.2) is 27.4 Å². The van der Waals surface area contributed by atoms with Crippen molar-refractivity contribution >= 4 is 27.3 Å². The van der Waals surface area contributed by atoms with Crippen LogP contribution in [-0.2, 0) is 21.2 Å². The average molecular weight is 359 g/mol. The minimum absolute atomic E-state index is 0.0808. The Morgan fingerprint density at radius 1 is 1.04 bits per heavy atom. The third-order valence-electron chi connectivity index (χ3n) is 4.22. The van der Waals surface area contributed by atoms with Gasteiger partial charge in [0.05, 0.1) is 4.90 Å². The van der Waals surface area contributed by atoms with Gasteiger partial charge in [0.15, 0.2) is 0 Å². The lowest BCUT2D eigenvalue weighted by atomic mass is 10.1. The molecule has 0 saturated carbocycles. The van der Waals surface area contributed by atoms with Crippen LogP contribution in [0.4, 0.5) is 11.4 Å². The van der Waals surface area contributed by atoms with Gasteiger partial charge in [-0.05, 0) is 54.8 Å². The highest BCUT2D eigenvalue weighted by molar-refractivity contribution is 7.89. The predicted molar refractivity (Wildman–Crippen MR) is 97.8 cm³/mol. The van der Waals surface area contributed by atoms with E-state index in [1.807, 2.05) is 12.1 Å². The number of nitrogens with zero attached hydrogens (tertiary/aromatic N) is 1. The molecule has 1 aliphatic rings. The predicted octanol–water partition coefficient (Wildman–Crippen LogP) is 1.92. The number of sulfonamides is 1. The summed E-state index contributed by atoms with van der Waals surface area (Å²) in [4.78, 5) is 13.6. The number of anilines is 2. The first-order chi connectivity index (χ1) is 12.0. The topological polar surface area (TPSA) is 92.5 Å². The number of rotatable bonds is 6. The molecule has 1 aliphatic heterocycles. The van der Waals surface area contributed by atoms with Crippen molar-refractivity contribution in [2.45, 2.75) is 24.2 Å². The molecule has 7 heteroatoms. The van der Waals surface area contributed by atoms with Crippen molar-refractivity contribution in [2.75, 3.05) is 23.7 Å². The van der Waals surface area contributed by atoms with Crippen molar-refractivity contribution in [1.82, 2.24) is 4.72 Å². The zero-order valence-corrected chi connectivity index (χ0v) is 14.6. The van der Waals surface area contributed by atoms with Gasteiger partial charge in [0.1, 0.15) is 0 Å². The van der Waals surface area contributed by atoms with Crippen molar-refractivity contribution in [3.05, 3.63) is 54.1 Å². The molecule has 0 spiro atoms. The highest BCUT2D eigenvalue weighted by atomic mass is 32.2. The third kappa shape index (κ3) is 4.18. The van der Waals surface area contributed by atoms with Gasteiger partial charge < -0.3 is 10.6 Å². The van der Waals surface area contributed by atoms with Crippen LogP contribution in [0.5, 0.6) is 0 Å². The van der Waals surface area contributed by atoms with E-state index in [9.17, 15) is 13.2 Å². The minimum atomic E-state index is -3.57. The number of nitrogens with one attached hydrogen (secondary N) is 1. The van der Waals surface area contributed by atoms with Gasteiger partial charge >= 0.3 is 0 Å². The van der Waals surface area contributed by atoms with Crippen LogP contribution >= 0.6 is 0 Å². The summed E-state index contributed by atoms with van der Waals surface area (Å²) in [6.07, 6.45) is 1.97. The molecule has 0 aliphatic carbocycles. The van der Waals surface area contributed by atoms with E-state index in [-0.39, 0.29) is 10.8 Å². The molecular weight excluding hydrogens is 338 g/mol. The van der Waals surface area contributed by atoms with Crippen LogP contribution in [0.3, 0.4) is 0 Å². The van der Waals surface area contributed by atoms with Gasteiger partial charge in [-0.1, -0.05) is 12.1 Å². The van der Waals surface area contributed by atoms with Gasteiger partial charge in [0, 0.05) is 30.9 Å². The largest absolute Gasteiger partial charge is 0.399 e. The number of hydrogen-bond acceptors (Lipinski definition) is 4. The van der Waals surface area contributed by atoms with E-state index in [2.05, 4.69) is 4.72 Å². The van der Waals surface area contributed by atoms with E-state index in [1.54, 1.807) is 29.2 Å². The molecule has 0 aromatic heterocycles. The summed E-state index contributed by atoms with van der Waals surface area (Å²) in [6.45, 7) is 0.989. The summed E-state index contributed by atoms with van der Waals surface area (Å²) in [7, 11) is -3.57. The Hall–Kier alpha value is -2.38. The van der Waals surface area contributed by atoms with Crippen LogP contribution in [0.25, 0.3) is 0 Å². The van der Waals surface area contributed by atoms with Crippen LogP contribution < -0.4 is 15.4 Å². The SMILES string of the molecule is Nc1ccc(CCNS(=O)(=O)c2ccc(N3CCCC3=O)cc2)cc1. The fraction of sp³-hybridized carbons (Fsp3) is 0.278. The van der Waals surface area contributed by atoms with E-state index in [0.29, 0.717) is 31.6 Å². The molecule has 3 rings (SSSR count). The molecule has 0 bridgehead atoms. The molecule has 6 nitrogen and oxygen atoms in total. The highest BCUT2D eigenvalue weighted by Gasteiger charge is 2.22. The zero-order valence-electron chi connectivity index (χ0n) is 13.8. The van der Waals surface area contributed by atoms with Crippen LogP contribution in [0.1, 0.15) is 18.4 Å². The van der Waals surface area contributed by atoms with Crippen LogP contribution in [0, 0.1) is 0 Å². The fourth-order valence-corrected chi connectivity index (χ4v) is 3.86. The lowest BCUT2D eigenvalue weighted by Crippen LogP contribution is -2.26. The lowest BCUT2D eigenvalue weighted by molar-refractivity contribution is -0.117. The summed E-state index contributed by atoms with van der Waals surface area (Å²) in [5.74, 6) is 0.0808. The normalized spacial score (nSPS) is 14.9.